The van der Waals surface area contributed by atoms with Gasteiger partial charge in [0.05, 0.1) is 11.3 Å². The maximum atomic E-state index is 12.0. The lowest BCUT2D eigenvalue weighted by atomic mass is 10.1. The minimum absolute atomic E-state index is 0.350. The summed E-state index contributed by atoms with van der Waals surface area (Å²) in [4.78, 5) is 25.6. The molecule has 102 valence electrons. The lowest BCUT2D eigenvalue weighted by Gasteiger charge is -2.22. The molecule has 1 atom stereocenters. The predicted molar refractivity (Wildman–Crippen MR) is 80.3 cm³/mol. The zero-order valence-corrected chi connectivity index (χ0v) is 13.0. The van der Waals surface area contributed by atoms with Crippen LogP contribution in [0, 0.1) is 5.92 Å². The Hall–Kier alpha value is -0.870. The van der Waals surface area contributed by atoms with Gasteiger partial charge in [-0.25, -0.2) is 0 Å². The van der Waals surface area contributed by atoms with Gasteiger partial charge in [-0.1, -0.05) is 40.9 Å². The number of alkyl halides is 1. The topological polar surface area (TPSA) is 37.4 Å². The zero-order valence-electron chi connectivity index (χ0n) is 10.7. The number of nitrogens with zero attached hydrogens (tertiary/aromatic N) is 1. The van der Waals surface area contributed by atoms with E-state index in [1.807, 2.05) is 0 Å². The first-order chi connectivity index (χ1) is 9.08. The number of fused-ring (bicyclic) bond motifs is 1. The molecule has 1 unspecified atom stereocenters. The highest BCUT2D eigenvalue weighted by atomic mass is 79.9. The highest BCUT2D eigenvalue weighted by molar-refractivity contribution is 9.09. The van der Waals surface area contributed by atoms with E-state index in [2.05, 4.69) is 22.9 Å². The fourth-order valence-electron chi connectivity index (χ4n) is 2.34. The molecule has 0 aliphatic carbocycles. The van der Waals surface area contributed by atoms with Gasteiger partial charge in [-0.05, 0) is 30.5 Å². The number of carbonyl (C=O) groups is 2. The van der Waals surface area contributed by atoms with E-state index in [-0.39, 0.29) is 0 Å². The van der Waals surface area contributed by atoms with Crippen LogP contribution in [0.4, 0.5) is 5.69 Å². The van der Waals surface area contributed by atoms with Crippen LogP contribution >= 0.6 is 27.5 Å². The number of Topliss-reactive ketones (excluding diaryl/α,β-unsaturated/α-hetero) is 1. The van der Waals surface area contributed by atoms with Gasteiger partial charge in [0, 0.05) is 16.9 Å². The summed E-state index contributed by atoms with van der Waals surface area (Å²) in [5, 5.41) is 1.30. The summed E-state index contributed by atoms with van der Waals surface area (Å²) in [6.07, 6.45) is 2.08. The van der Waals surface area contributed by atoms with E-state index in [0.29, 0.717) is 28.7 Å². The Balaban J connectivity index is 2.28. The van der Waals surface area contributed by atoms with Crippen molar-refractivity contribution in [2.45, 2.75) is 19.8 Å². The fraction of sp³-hybridized carbons (Fsp3) is 0.429. The van der Waals surface area contributed by atoms with Crippen LogP contribution in [0.15, 0.2) is 18.2 Å². The van der Waals surface area contributed by atoms with Crippen LogP contribution in [-0.2, 0) is 4.79 Å². The number of amides is 1. The average Bonchev–Trinajstić information content (AvgIpc) is 2.63. The number of halogens is 2. The number of benzene rings is 1. The first-order valence-corrected chi connectivity index (χ1v) is 7.80. The van der Waals surface area contributed by atoms with Gasteiger partial charge in [0.2, 0.25) is 0 Å². The van der Waals surface area contributed by atoms with Crippen molar-refractivity contribution in [3.8, 4) is 0 Å². The molecule has 1 heterocycles. The van der Waals surface area contributed by atoms with Crippen molar-refractivity contribution in [2.75, 3.05) is 16.8 Å². The molecule has 1 aliphatic heterocycles. The lowest BCUT2D eigenvalue weighted by Crippen LogP contribution is -2.34. The molecule has 0 saturated heterocycles. The summed E-state index contributed by atoms with van der Waals surface area (Å²) in [6.45, 7) is 2.68. The molecule has 0 bridgehead atoms. The van der Waals surface area contributed by atoms with Crippen molar-refractivity contribution in [3.63, 3.8) is 0 Å². The molecule has 1 aromatic carbocycles. The summed E-state index contributed by atoms with van der Waals surface area (Å²) in [7, 11) is 0. The molecule has 19 heavy (non-hydrogen) atoms. The largest absolute Gasteiger partial charge is 0.304 e. The number of carbonyl (C=O) groups excluding carboxylic acids is 2. The zero-order chi connectivity index (χ0) is 14.0. The quantitative estimate of drug-likeness (QED) is 0.603. The van der Waals surface area contributed by atoms with Gasteiger partial charge in [-0.3, -0.25) is 9.59 Å². The van der Waals surface area contributed by atoms with E-state index in [9.17, 15) is 9.59 Å². The minimum atomic E-state index is -0.456. The number of anilines is 1. The Kier molecular flexibility index (Phi) is 4.63. The molecule has 2 rings (SSSR count). The maximum absolute atomic E-state index is 12.0. The van der Waals surface area contributed by atoms with Crippen LogP contribution in [-0.4, -0.2) is 23.6 Å². The first-order valence-electron chi connectivity index (χ1n) is 6.30. The third kappa shape index (κ3) is 2.84. The molecule has 0 N–H and O–H groups in total. The van der Waals surface area contributed by atoms with E-state index in [0.717, 1.165) is 18.2 Å². The van der Waals surface area contributed by atoms with E-state index in [1.54, 1.807) is 23.1 Å². The molecule has 0 radical (unpaired) electrons. The first kappa shape index (κ1) is 14.5. The lowest BCUT2D eigenvalue weighted by molar-refractivity contribution is -0.114. The van der Waals surface area contributed by atoms with Gasteiger partial charge in [0.15, 0.2) is 0 Å². The molecule has 0 aromatic heterocycles. The monoisotopic (exact) mass is 343 g/mol. The van der Waals surface area contributed by atoms with Gasteiger partial charge in [0.25, 0.3) is 11.7 Å². The van der Waals surface area contributed by atoms with Crippen LogP contribution in [0.25, 0.3) is 0 Å². The Morgan fingerprint density at radius 3 is 2.74 bits per heavy atom. The van der Waals surface area contributed by atoms with Gasteiger partial charge < -0.3 is 4.90 Å². The van der Waals surface area contributed by atoms with E-state index in [1.165, 1.54) is 0 Å². The molecule has 5 heteroatoms. The third-order valence-corrected chi connectivity index (χ3v) is 4.44. The number of hydrogen-bond acceptors (Lipinski definition) is 2. The summed E-state index contributed by atoms with van der Waals surface area (Å²) in [6, 6.07) is 5.03. The predicted octanol–water partition coefficient (Wildman–Crippen LogP) is 3.68. The van der Waals surface area contributed by atoms with E-state index < -0.39 is 11.7 Å². The smallest absolute Gasteiger partial charge is 0.299 e. The second kappa shape index (κ2) is 6.06. The number of ketones is 1. The summed E-state index contributed by atoms with van der Waals surface area (Å²) >= 11 is 9.34. The molecule has 1 amide bonds. The van der Waals surface area contributed by atoms with Crippen LogP contribution in [0.2, 0.25) is 5.02 Å². The maximum Gasteiger partial charge on any atom is 0.299 e. The fourth-order valence-corrected chi connectivity index (χ4v) is 3.04. The molecule has 3 nitrogen and oxygen atoms in total. The second-order valence-corrected chi connectivity index (χ2v) is 5.80. The summed E-state index contributed by atoms with van der Waals surface area (Å²) in [5.74, 6) is -0.551. The molecular weight excluding hydrogens is 330 g/mol. The Morgan fingerprint density at radius 1 is 1.37 bits per heavy atom. The van der Waals surface area contributed by atoms with Crippen LogP contribution in [0.5, 0.6) is 0 Å². The Labute approximate surface area is 126 Å². The van der Waals surface area contributed by atoms with Gasteiger partial charge >= 0.3 is 0 Å². The molecule has 0 saturated carbocycles. The highest BCUT2D eigenvalue weighted by Crippen LogP contribution is 2.32. The highest BCUT2D eigenvalue weighted by Gasteiger charge is 2.36. The molecule has 1 aromatic rings. The summed E-state index contributed by atoms with van der Waals surface area (Å²) in [5.41, 5.74) is 1.10. The van der Waals surface area contributed by atoms with Crippen molar-refractivity contribution in [1.82, 2.24) is 0 Å². The number of rotatable bonds is 5. The Bertz CT molecular complexity index is 518. The molecule has 1 aliphatic rings. The average molecular weight is 345 g/mol. The van der Waals surface area contributed by atoms with Crippen molar-refractivity contribution in [1.29, 1.82) is 0 Å². The van der Waals surface area contributed by atoms with Gasteiger partial charge in [-0.2, -0.15) is 0 Å². The van der Waals surface area contributed by atoms with Crippen molar-refractivity contribution >= 4 is 44.9 Å². The van der Waals surface area contributed by atoms with E-state index >= 15 is 0 Å². The van der Waals surface area contributed by atoms with Gasteiger partial charge in [-0.15, -0.1) is 0 Å². The Morgan fingerprint density at radius 2 is 2.11 bits per heavy atom. The SMILES string of the molecule is CCCC(CBr)CN1C(=O)C(=O)c2cc(Cl)ccc21. The molecule has 0 spiro atoms. The molecular formula is C14H15BrClNO2. The van der Waals surface area contributed by atoms with Crippen LogP contribution in [0.1, 0.15) is 30.1 Å². The molecule has 0 fully saturated rings. The van der Waals surface area contributed by atoms with Crippen LogP contribution in [0.3, 0.4) is 0 Å². The van der Waals surface area contributed by atoms with Crippen molar-refractivity contribution in [2.24, 2.45) is 5.92 Å². The second-order valence-electron chi connectivity index (χ2n) is 4.72. The van der Waals surface area contributed by atoms with Crippen molar-refractivity contribution < 1.29 is 9.59 Å². The van der Waals surface area contributed by atoms with E-state index in [4.69, 9.17) is 11.6 Å². The van der Waals surface area contributed by atoms with Crippen LogP contribution < -0.4 is 4.90 Å². The summed E-state index contributed by atoms with van der Waals surface area (Å²) < 4.78 is 0. The third-order valence-electron chi connectivity index (χ3n) is 3.29. The van der Waals surface area contributed by atoms with Crippen molar-refractivity contribution in [3.05, 3.63) is 28.8 Å². The minimum Gasteiger partial charge on any atom is -0.304 e. The van der Waals surface area contributed by atoms with Gasteiger partial charge in [0.1, 0.15) is 0 Å². The normalized spacial score (nSPS) is 15.8. The number of hydrogen-bond donors (Lipinski definition) is 0. The standard InChI is InChI=1S/C14H15BrClNO2/c1-2-3-9(7-15)8-17-12-5-4-10(16)6-11(12)13(18)14(17)19/h4-6,9H,2-3,7-8H2,1H3.